The summed E-state index contributed by atoms with van der Waals surface area (Å²) in [5.74, 6) is 0.890. The summed E-state index contributed by atoms with van der Waals surface area (Å²) in [4.78, 5) is 16.3. The van der Waals surface area contributed by atoms with Crippen LogP contribution in [0.15, 0.2) is 0 Å². The minimum atomic E-state index is 0.133. The number of carbonyl (C=O) groups is 1. The third kappa shape index (κ3) is 4.55. The lowest BCUT2D eigenvalue weighted by atomic mass is 10.2. The minimum Gasteiger partial charge on any atom is -0.355 e. The van der Waals surface area contributed by atoms with Gasteiger partial charge in [-0.3, -0.25) is 9.69 Å². The maximum absolute atomic E-state index is 11.6. The van der Waals surface area contributed by atoms with E-state index in [1.54, 1.807) is 0 Å². The van der Waals surface area contributed by atoms with Gasteiger partial charge in [-0.25, -0.2) is 0 Å². The van der Waals surface area contributed by atoms with Crippen LogP contribution in [-0.4, -0.2) is 75.1 Å². The molecule has 0 aromatic rings. The first kappa shape index (κ1) is 13.8. The summed E-state index contributed by atoms with van der Waals surface area (Å²) in [6.45, 7) is 5.52. The number of likely N-dealkylation sites (N-methyl/N-ethyl adjacent to an activating group) is 2. The number of hydrogen-bond donors (Lipinski definition) is 2. The topological polar surface area (TPSA) is 47.6 Å². The van der Waals surface area contributed by atoms with Crippen molar-refractivity contribution < 1.29 is 4.79 Å². The molecule has 1 aliphatic carbocycles. The van der Waals surface area contributed by atoms with Gasteiger partial charge in [0.2, 0.25) is 5.91 Å². The third-order valence-corrected chi connectivity index (χ3v) is 3.93. The molecule has 5 heteroatoms. The number of piperazine rings is 1. The Labute approximate surface area is 110 Å². The molecule has 1 heterocycles. The van der Waals surface area contributed by atoms with Crippen molar-refractivity contribution in [3.63, 3.8) is 0 Å². The van der Waals surface area contributed by atoms with Gasteiger partial charge in [-0.2, -0.15) is 0 Å². The van der Waals surface area contributed by atoms with E-state index in [1.807, 2.05) is 0 Å². The molecule has 2 aliphatic rings. The van der Waals surface area contributed by atoms with Crippen LogP contribution in [0.1, 0.15) is 12.8 Å². The van der Waals surface area contributed by atoms with E-state index in [-0.39, 0.29) is 5.91 Å². The van der Waals surface area contributed by atoms with Crippen LogP contribution in [0, 0.1) is 5.92 Å². The van der Waals surface area contributed by atoms with E-state index >= 15 is 0 Å². The van der Waals surface area contributed by atoms with E-state index < -0.39 is 0 Å². The minimum absolute atomic E-state index is 0.133. The normalized spacial score (nSPS) is 26.2. The Morgan fingerprint density at radius 2 is 2.00 bits per heavy atom. The van der Waals surface area contributed by atoms with Gasteiger partial charge in [-0.1, -0.05) is 0 Å². The van der Waals surface area contributed by atoms with Crippen molar-refractivity contribution in [3.05, 3.63) is 0 Å². The number of amides is 1. The Morgan fingerprint density at radius 1 is 1.22 bits per heavy atom. The highest BCUT2D eigenvalue weighted by atomic mass is 16.1. The van der Waals surface area contributed by atoms with E-state index in [0.29, 0.717) is 12.6 Å². The summed E-state index contributed by atoms with van der Waals surface area (Å²) in [7, 11) is 4.31. The maximum atomic E-state index is 11.6. The molecule has 1 amide bonds. The van der Waals surface area contributed by atoms with Crippen molar-refractivity contribution in [3.8, 4) is 0 Å². The fourth-order valence-corrected chi connectivity index (χ4v) is 2.32. The largest absolute Gasteiger partial charge is 0.355 e. The average Bonchev–Trinajstić information content (AvgIpc) is 3.15. The van der Waals surface area contributed by atoms with Gasteiger partial charge in [0.25, 0.3) is 0 Å². The van der Waals surface area contributed by atoms with Crippen LogP contribution < -0.4 is 10.6 Å². The van der Waals surface area contributed by atoms with Crippen LogP contribution in [0.2, 0.25) is 0 Å². The standard InChI is InChI=1S/C13H26N4O/c1-16-5-6-17(2)12(10-16)8-14-9-13(18)15-7-11-3-4-11/h11-12,14H,3-10H2,1-2H3,(H,15,18). The molecule has 0 radical (unpaired) electrons. The zero-order chi connectivity index (χ0) is 13.0. The fraction of sp³-hybridized carbons (Fsp3) is 0.923. The molecule has 18 heavy (non-hydrogen) atoms. The van der Waals surface area contributed by atoms with E-state index in [0.717, 1.165) is 38.6 Å². The number of nitrogens with zero attached hydrogens (tertiary/aromatic N) is 2. The molecule has 0 aromatic carbocycles. The van der Waals surface area contributed by atoms with Crippen LogP contribution in [0.25, 0.3) is 0 Å². The second-order valence-corrected chi connectivity index (χ2v) is 5.78. The van der Waals surface area contributed by atoms with E-state index in [9.17, 15) is 4.79 Å². The average molecular weight is 254 g/mol. The fourth-order valence-electron chi connectivity index (χ4n) is 2.32. The Kier molecular flexibility index (Phi) is 4.97. The van der Waals surface area contributed by atoms with Gasteiger partial charge in [0.05, 0.1) is 6.54 Å². The second-order valence-electron chi connectivity index (χ2n) is 5.78. The lowest BCUT2D eigenvalue weighted by Gasteiger charge is -2.37. The molecule has 0 aromatic heterocycles. The lowest BCUT2D eigenvalue weighted by molar-refractivity contribution is -0.120. The first-order valence-corrected chi connectivity index (χ1v) is 7.01. The predicted octanol–water partition coefficient (Wildman–Crippen LogP) is -0.652. The Morgan fingerprint density at radius 3 is 2.72 bits per heavy atom. The van der Waals surface area contributed by atoms with Gasteiger partial charge < -0.3 is 15.5 Å². The number of carbonyl (C=O) groups excluding carboxylic acids is 1. The number of rotatable bonds is 6. The summed E-state index contributed by atoms with van der Waals surface area (Å²) in [6, 6.07) is 0.514. The van der Waals surface area contributed by atoms with Crippen LogP contribution in [0.3, 0.4) is 0 Å². The van der Waals surface area contributed by atoms with Gasteiger partial charge in [0.1, 0.15) is 0 Å². The van der Waals surface area contributed by atoms with Crippen molar-refractivity contribution in [1.29, 1.82) is 0 Å². The quantitative estimate of drug-likeness (QED) is 0.661. The summed E-state index contributed by atoms with van der Waals surface area (Å²) >= 11 is 0. The van der Waals surface area contributed by atoms with E-state index in [2.05, 4.69) is 34.5 Å². The Balaban J connectivity index is 1.56. The molecular weight excluding hydrogens is 228 g/mol. The summed E-state index contributed by atoms with van der Waals surface area (Å²) in [5.41, 5.74) is 0. The van der Waals surface area contributed by atoms with Crippen LogP contribution in [0.4, 0.5) is 0 Å². The smallest absolute Gasteiger partial charge is 0.233 e. The second kappa shape index (κ2) is 6.50. The molecule has 2 N–H and O–H groups in total. The predicted molar refractivity (Wildman–Crippen MR) is 72.5 cm³/mol. The molecule has 104 valence electrons. The van der Waals surface area contributed by atoms with Crippen molar-refractivity contribution in [1.82, 2.24) is 20.4 Å². The first-order valence-electron chi connectivity index (χ1n) is 7.01. The molecule has 1 saturated heterocycles. The molecule has 1 unspecified atom stereocenters. The van der Waals surface area contributed by atoms with Gasteiger partial charge in [0, 0.05) is 38.8 Å². The zero-order valence-corrected chi connectivity index (χ0v) is 11.6. The Bertz CT molecular complexity index is 280. The molecule has 2 rings (SSSR count). The van der Waals surface area contributed by atoms with Gasteiger partial charge >= 0.3 is 0 Å². The number of nitrogens with one attached hydrogen (secondary N) is 2. The molecule has 1 atom stereocenters. The van der Waals surface area contributed by atoms with E-state index in [1.165, 1.54) is 12.8 Å². The van der Waals surface area contributed by atoms with Crippen molar-refractivity contribution in [2.75, 3.05) is 53.4 Å². The van der Waals surface area contributed by atoms with E-state index in [4.69, 9.17) is 0 Å². The van der Waals surface area contributed by atoms with Crippen molar-refractivity contribution in [2.45, 2.75) is 18.9 Å². The molecule has 2 fully saturated rings. The maximum Gasteiger partial charge on any atom is 0.233 e. The Hall–Kier alpha value is -0.650. The first-order chi connectivity index (χ1) is 8.65. The van der Waals surface area contributed by atoms with Crippen molar-refractivity contribution in [2.24, 2.45) is 5.92 Å². The molecule has 1 saturated carbocycles. The molecule has 5 nitrogen and oxygen atoms in total. The van der Waals surface area contributed by atoms with Crippen LogP contribution in [0.5, 0.6) is 0 Å². The lowest BCUT2D eigenvalue weighted by Crippen LogP contribution is -2.54. The summed E-state index contributed by atoms with van der Waals surface area (Å²) < 4.78 is 0. The van der Waals surface area contributed by atoms with Gasteiger partial charge in [-0.05, 0) is 32.9 Å². The van der Waals surface area contributed by atoms with Crippen LogP contribution in [-0.2, 0) is 4.79 Å². The van der Waals surface area contributed by atoms with Crippen LogP contribution >= 0.6 is 0 Å². The molecule has 1 aliphatic heterocycles. The van der Waals surface area contributed by atoms with Crippen molar-refractivity contribution >= 4 is 5.91 Å². The molecular formula is C13H26N4O. The number of hydrogen-bond acceptors (Lipinski definition) is 4. The highest BCUT2D eigenvalue weighted by molar-refractivity contribution is 5.77. The SMILES string of the molecule is CN1CCN(C)C(CNCC(=O)NCC2CC2)C1. The summed E-state index contributed by atoms with van der Waals surface area (Å²) in [6.07, 6.45) is 2.57. The highest BCUT2D eigenvalue weighted by Crippen LogP contribution is 2.27. The van der Waals surface area contributed by atoms with Gasteiger partial charge in [-0.15, -0.1) is 0 Å². The molecule has 0 bridgehead atoms. The third-order valence-electron chi connectivity index (χ3n) is 3.93. The monoisotopic (exact) mass is 254 g/mol. The van der Waals surface area contributed by atoms with Gasteiger partial charge in [0.15, 0.2) is 0 Å². The summed E-state index contributed by atoms with van der Waals surface area (Å²) in [5, 5.41) is 6.25. The highest BCUT2D eigenvalue weighted by Gasteiger charge is 2.23. The molecule has 0 spiro atoms. The zero-order valence-electron chi connectivity index (χ0n) is 11.6.